The quantitative estimate of drug-likeness (QED) is 0.325. The van der Waals surface area contributed by atoms with Crippen LogP contribution in [0.15, 0.2) is 59.5 Å². The first-order valence-electron chi connectivity index (χ1n) is 11.0. The third-order valence-electron chi connectivity index (χ3n) is 6.01. The van der Waals surface area contributed by atoms with Crippen molar-refractivity contribution in [2.75, 3.05) is 43.4 Å². The molecule has 4 rings (SSSR count). The molecule has 0 atom stereocenters. The summed E-state index contributed by atoms with van der Waals surface area (Å²) in [6, 6.07) is 12.7. The molecule has 2 N–H and O–H groups in total. The molecule has 188 valence electrons. The minimum atomic E-state index is -4.87. The summed E-state index contributed by atoms with van der Waals surface area (Å²) < 4.78 is 40.5. The van der Waals surface area contributed by atoms with Gasteiger partial charge in [-0.1, -0.05) is 18.2 Å². The molecular weight excluding hydrogens is 588 g/mol. The second-order valence-electron chi connectivity index (χ2n) is 8.45. The Morgan fingerprint density at radius 3 is 2.22 bits per heavy atom. The topological polar surface area (TPSA) is 85.5 Å². The van der Waals surface area contributed by atoms with Crippen LogP contribution >= 0.6 is 22.6 Å². The maximum absolute atomic E-state index is 13.5. The summed E-state index contributed by atoms with van der Waals surface area (Å²) in [4.78, 5) is 42.5. The number of anilines is 2. The number of nitrogens with zero attached hydrogens (tertiary/aromatic N) is 2. The first-order chi connectivity index (χ1) is 17.0. The Morgan fingerprint density at radius 2 is 1.61 bits per heavy atom. The molecule has 1 saturated heterocycles. The Labute approximate surface area is 218 Å². The number of halogens is 4. The van der Waals surface area contributed by atoms with Crippen LogP contribution in [-0.2, 0) is 6.18 Å². The Kier molecular flexibility index (Phi) is 7.50. The molecule has 36 heavy (non-hydrogen) atoms. The number of aromatic nitrogens is 1. The molecule has 2 aromatic carbocycles. The van der Waals surface area contributed by atoms with Crippen molar-refractivity contribution >= 4 is 43.7 Å². The summed E-state index contributed by atoms with van der Waals surface area (Å²) in [7, 11) is 2.00. The van der Waals surface area contributed by atoms with Crippen LogP contribution in [0.3, 0.4) is 0 Å². The van der Waals surface area contributed by atoms with Gasteiger partial charge >= 0.3 is 6.18 Å². The highest BCUT2D eigenvalue weighted by Crippen LogP contribution is 2.35. The van der Waals surface area contributed by atoms with Crippen LogP contribution in [-0.4, -0.2) is 52.8 Å². The molecule has 1 fully saturated rings. The normalized spacial score (nSPS) is 14.5. The monoisotopic (exact) mass is 610 g/mol. The summed E-state index contributed by atoms with van der Waals surface area (Å²) in [5, 5.41) is 2.64. The summed E-state index contributed by atoms with van der Waals surface area (Å²) in [5.41, 5.74) is 0.117. The number of piperazine rings is 1. The molecule has 1 amide bonds. The van der Waals surface area contributed by atoms with Crippen LogP contribution in [0.25, 0.3) is 11.1 Å². The maximum atomic E-state index is 13.5. The number of nitrogens with one attached hydrogen (secondary N) is 2. The van der Waals surface area contributed by atoms with Crippen LogP contribution in [0.2, 0.25) is 0 Å². The van der Waals surface area contributed by atoms with Gasteiger partial charge in [0.1, 0.15) is 0 Å². The molecule has 0 unspecified atom stereocenters. The van der Waals surface area contributed by atoms with Crippen molar-refractivity contribution in [3.05, 3.63) is 81.8 Å². The number of alkyl halides is 3. The lowest BCUT2D eigenvalue weighted by molar-refractivity contribution is -0.138. The van der Waals surface area contributed by atoms with E-state index >= 15 is 0 Å². The van der Waals surface area contributed by atoms with E-state index in [0.717, 1.165) is 24.8 Å². The fourth-order valence-corrected chi connectivity index (χ4v) is 4.38. The number of H-pyrrole nitrogens is 1. The zero-order valence-corrected chi connectivity index (χ0v) is 21.3. The highest BCUT2D eigenvalue weighted by Gasteiger charge is 2.36. The predicted octanol–water partition coefficient (Wildman–Crippen LogP) is 4.64. The van der Waals surface area contributed by atoms with Crippen LogP contribution < -0.4 is 15.8 Å². The van der Waals surface area contributed by atoms with Crippen molar-refractivity contribution in [1.82, 2.24) is 9.88 Å². The van der Waals surface area contributed by atoms with E-state index in [-0.39, 0.29) is 3.79 Å². The number of aromatic amines is 1. The van der Waals surface area contributed by atoms with Crippen LogP contribution in [0.1, 0.15) is 26.3 Å². The van der Waals surface area contributed by atoms with E-state index in [1.165, 1.54) is 0 Å². The van der Waals surface area contributed by atoms with E-state index in [2.05, 4.69) is 20.1 Å². The third-order valence-corrected chi connectivity index (χ3v) is 6.63. The van der Waals surface area contributed by atoms with E-state index in [1.807, 2.05) is 19.2 Å². The number of carbonyl (C=O) groups excluding carboxylic acids is 2. The molecule has 0 aliphatic carbocycles. The number of amides is 1. The van der Waals surface area contributed by atoms with Crippen LogP contribution in [0.4, 0.5) is 24.5 Å². The average Bonchev–Trinajstić information content (AvgIpc) is 2.84. The predicted molar refractivity (Wildman–Crippen MR) is 140 cm³/mol. The van der Waals surface area contributed by atoms with Crippen molar-refractivity contribution < 1.29 is 22.8 Å². The van der Waals surface area contributed by atoms with Gasteiger partial charge in [-0.2, -0.15) is 13.2 Å². The van der Waals surface area contributed by atoms with Gasteiger partial charge in [0, 0.05) is 66.6 Å². The van der Waals surface area contributed by atoms with E-state index in [9.17, 15) is 27.6 Å². The van der Waals surface area contributed by atoms with E-state index in [0.29, 0.717) is 41.7 Å². The van der Waals surface area contributed by atoms with E-state index in [1.54, 1.807) is 52.9 Å². The third kappa shape index (κ3) is 5.78. The number of benzene rings is 2. The molecule has 11 heteroatoms. The smallest absolute Gasteiger partial charge is 0.367 e. The van der Waals surface area contributed by atoms with Gasteiger partial charge in [-0.15, -0.1) is 0 Å². The zero-order chi connectivity index (χ0) is 26.0. The number of rotatable bonds is 5. The van der Waals surface area contributed by atoms with Gasteiger partial charge in [0.15, 0.2) is 0 Å². The Balaban J connectivity index is 1.74. The summed E-state index contributed by atoms with van der Waals surface area (Å²) in [5.74, 6) is -0.989. The van der Waals surface area contributed by atoms with E-state index < -0.39 is 28.8 Å². The van der Waals surface area contributed by atoms with Crippen LogP contribution in [0.5, 0.6) is 0 Å². The molecule has 0 bridgehead atoms. The SMILES string of the molecule is CN1CCN(c2ccc(-c3ccc(C(=O)I)cc3)cc2NC(=O)c2c[nH]c(=O)cc2C(F)(F)F)CC1. The van der Waals surface area contributed by atoms with Crippen LogP contribution in [0, 0.1) is 0 Å². The minimum absolute atomic E-state index is 0.0983. The molecule has 0 radical (unpaired) electrons. The molecule has 0 spiro atoms. The number of carbonyl (C=O) groups is 2. The summed E-state index contributed by atoms with van der Waals surface area (Å²) in [6.07, 6.45) is -4.10. The largest absolute Gasteiger partial charge is 0.417 e. The highest BCUT2D eigenvalue weighted by atomic mass is 127. The summed E-state index contributed by atoms with van der Waals surface area (Å²) in [6.45, 7) is 2.94. The first-order valence-corrected chi connectivity index (χ1v) is 12.1. The molecule has 3 aromatic rings. The Hall–Kier alpha value is -3.19. The lowest BCUT2D eigenvalue weighted by Gasteiger charge is -2.35. The molecule has 2 heterocycles. The van der Waals surface area contributed by atoms with Crippen molar-refractivity contribution in [2.45, 2.75) is 6.18 Å². The highest BCUT2D eigenvalue weighted by molar-refractivity contribution is 14.1. The fourth-order valence-electron chi connectivity index (χ4n) is 4.02. The number of pyridine rings is 1. The fraction of sp³-hybridized carbons (Fsp3) is 0.240. The maximum Gasteiger partial charge on any atom is 0.417 e. The molecule has 1 aromatic heterocycles. The number of hydrogen-bond acceptors (Lipinski definition) is 5. The zero-order valence-electron chi connectivity index (χ0n) is 19.2. The van der Waals surface area contributed by atoms with Gasteiger partial charge in [0.25, 0.3) is 5.91 Å². The van der Waals surface area contributed by atoms with Gasteiger partial charge in [-0.05, 0) is 42.4 Å². The lowest BCUT2D eigenvalue weighted by Crippen LogP contribution is -2.44. The minimum Gasteiger partial charge on any atom is -0.367 e. The van der Waals surface area contributed by atoms with Gasteiger partial charge in [-0.25, -0.2) is 0 Å². The molecular formula is C25H22F3IN4O3. The van der Waals surface area contributed by atoms with Crippen molar-refractivity contribution in [3.63, 3.8) is 0 Å². The van der Waals surface area contributed by atoms with Gasteiger partial charge in [0.05, 0.1) is 22.5 Å². The number of likely N-dealkylation sites (N-methyl/N-ethyl adjacent to an activating group) is 1. The molecule has 7 nitrogen and oxygen atoms in total. The molecule has 1 aliphatic heterocycles. The standard InChI is InChI=1S/C25H22F3IN4O3/c1-32-8-10-33(11-9-32)21-7-6-17(15-2-4-16(5-3-15)23(29)35)12-20(21)31-24(36)18-14-30-22(34)13-19(18)25(26,27)28/h2-7,12-14H,8-11H2,1H3,(H,30,34)(H,31,36). The van der Waals surface area contributed by atoms with Crippen molar-refractivity contribution in [2.24, 2.45) is 0 Å². The Morgan fingerprint density at radius 1 is 0.972 bits per heavy atom. The lowest BCUT2D eigenvalue weighted by atomic mass is 10.0. The van der Waals surface area contributed by atoms with Gasteiger partial charge in [0.2, 0.25) is 9.35 Å². The summed E-state index contributed by atoms with van der Waals surface area (Å²) >= 11 is 1.70. The van der Waals surface area contributed by atoms with Gasteiger partial charge < -0.3 is 20.1 Å². The number of hydrogen-bond donors (Lipinski definition) is 2. The second kappa shape index (κ2) is 10.4. The van der Waals surface area contributed by atoms with Crippen molar-refractivity contribution in [1.29, 1.82) is 0 Å². The first kappa shape index (κ1) is 25.9. The van der Waals surface area contributed by atoms with Crippen molar-refractivity contribution in [3.8, 4) is 11.1 Å². The second-order valence-corrected chi connectivity index (χ2v) is 9.43. The molecule has 1 aliphatic rings. The Bertz CT molecular complexity index is 1350. The van der Waals surface area contributed by atoms with E-state index in [4.69, 9.17) is 0 Å². The van der Waals surface area contributed by atoms with Gasteiger partial charge in [-0.3, -0.25) is 14.4 Å². The molecule has 0 saturated carbocycles. The average molecular weight is 610 g/mol.